The van der Waals surface area contributed by atoms with Gasteiger partial charge in [0.25, 0.3) is 0 Å². The highest BCUT2D eigenvalue weighted by atomic mass is 28.3. The van der Waals surface area contributed by atoms with E-state index >= 15 is 0 Å². The molecule has 6 nitrogen and oxygen atoms in total. The fourth-order valence-corrected chi connectivity index (χ4v) is 11.1. The van der Waals surface area contributed by atoms with Crippen LogP contribution in [0.5, 0.6) is 0 Å². The van der Waals surface area contributed by atoms with E-state index in [0.29, 0.717) is 9.13 Å². The third-order valence-electron chi connectivity index (χ3n) is 10.1. The van der Waals surface area contributed by atoms with E-state index < -0.39 is 342 Å². The van der Waals surface area contributed by atoms with Crippen molar-refractivity contribution >= 4 is 72.4 Å². The van der Waals surface area contributed by atoms with Crippen molar-refractivity contribution in [1.82, 2.24) is 24.1 Å². The molecular formula is C58H38N6Si. The van der Waals surface area contributed by atoms with Crippen LogP contribution in [0.4, 0.5) is 0 Å². The molecule has 0 bridgehead atoms. The molecule has 0 unspecified atom stereocenters. The highest BCUT2D eigenvalue weighted by Gasteiger charge is 2.42. The normalized spacial score (nSPS) is 19.9. The summed E-state index contributed by atoms with van der Waals surface area (Å²) >= 11 is 0. The zero-order valence-electron chi connectivity index (χ0n) is 70.2. The Kier molecular flexibility index (Phi) is 3.72. The molecular weight excluding hydrogens is 809 g/mol. The first kappa shape index (κ1) is 15.5. The van der Waals surface area contributed by atoms with Crippen LogP contribution in [0, 0.1) is 11.3 Å². The monoisotopic (exact) mass is 885 g/mol. The van der Waals surface area contributed by atoms with Crippen LogP contribution in [0.2, 0.25) is 0 Å². The third kappa shape index (κ3) is 6.11. The van der Waals surface area contributed by atoms with Crippen molar-refractivity contribution in [3.05, 3.63) is 235 Å². The smallest absolute Gasteiger partial charge is 0.238 e. The van der Waals surface area contributed by atoms with Gasteiger partial charge in [-0.25, -0.2) is 4.98 Å². The zero-order chi connectivity index (χ0) is 76.4. The molecule has 9 aromatic carbocycles. The summed E-state index contributed by atoms with van der Waals surface area (Å²) in [4.78, 5) is 13.7. The van der Waals surface area contributed by atoms with E-state index in [1.54, 1.807) is 6.07 Å². The molecule has 304 valence electrons. The SMILES string of the molecule is [2H]c1c([2H])c([2H])c([Si](c2c([2H])c([2H])c([2H])c([2H])c2[2H])(c2c([2H])c([2H])c([2H])c([2H])c2[2H])c2c([2H])c(C#N)c([2H])c(-c3nc(-c4c([2H])c([2H])c([2H])c([2H])c4-n4c5c([2H])c([2H])c([2H])c([2H])c5c5c([2H])c([2H])c([2H])c([2H])c54)nc(-n4c5c([2H])c([2H])c([2H])c([2H])c5c5c([2H])c([2H])c([2H])c([2H])c54)n3)c2[2H])c([2H])c1[2H]. The highest BCUT2D eigenvalue weighted by Crippen LogP contribution is 2.37. The van der Waals surface area contributed by atoms with Gasteiger partial charge in [0.05, 0.1) is 91.5 Å². The van der Waals surface area contributed by atoms with Gasteiger partial charge >= 0.3 is 0 Å². The van der Waals surface area contributed by atoms with Crippen LogP contribution in [0.15, 0.2) is 230 Å². The molecule has 65 heavy (non-hydrogen) atoms. The number of fused-ring (bicyclic) bond motifs is 6. The van der Waals surface area contributed by atoms with Gasteiger partial charge < -0.3 is 4.57 Å². The van der Waals surface area contributed by atoms with E-state index in [1.165, 1.54) is 0 Å². The maximum absolute atomic E-state index is 11.4. The van der Waals surface area contributed by atoms with Crippen LogP contribution in [0.3, 0.4) is 0 Å². The number of para-hydroxylation sites is 5. The fraction of sp³-hybridized carbons (Fsp3) is 0. The third-order valence-corrected chi connectivity index (χ3v) is 14.1. The Balaban J connectivity index is 1.43. The molecule has 3 aromatic heterocycles. The van der Waals surface area contributed by atoms with Gasteiger partial charge in [-0.2, -0.15) is 15.2 Å². The largest absolute Gasteiger partial charge is 0.309 e. The molecule has 7 heteroatoms. The van der Waals surface area contributed by atoms with Crippen LogP contribution in [-0.4, -0.2) is 32.2 Å². The molecule has 0 saturated carbocycles. The second kappa shape index (κ2) is 15.6. The van der Waals surface area contributed by atoms with Gasteiger partial charge in [-0.05, 0) is 69.1 Å². The summed E-state index contributed by atoms with van der Waals surface area (Å²) in [7, 11) is -6.76. The Morgan fingerprint density at radius 3 is 1.31 bits per heavy atom. The summed E-state index contributed by atoms with van der Waals surface area (Å²) in [6, 6.07) is -44.4. The molecule has 0 aliphatic heterocycles. The molecule has 0 aliphatic rings. The van der Waals surface area contributed by atoms with E-state index in [-0.39, 0.29) is 0 Å². The van der Waals surface area contributed by atoms with Gasteiger partial charge in [0.2, 0.25) is 5.95 Å². The van der Waals surface area contributed by atoms with E-state index in [9.17, 15) is 29.9 Å². The molecule has 0 atom stereocenters. The summed E-state index contributed by atoms with van der Waals surface area (Å²) in [5, 5.41) is 3.33. The van der Waals surface area contributed by atoms with Crippen LogP contribution >= 0.6 is 0 Å². The number of nitrogens with zero attached hydrogens (tertiary/aromatic N) is 6. The molecule has 12 aromatic rings. The molecule has 0 N–H and O–H groups in total. The zero-order valence-corrected chi connectivity index (χ0v) is 33.2. The van der Waals surface area contributed by atoms with Crippen molar-refractivity contribution in [2.45, 2.75) is 0 Å². The number of hydrogen-bond donors (Lipinski definition) is 0. The molecule has 0 spiro atoms. The summed E-state index contributed by atoms with van der Waals surface area (Å²) in [5.74, 6) is -3.90. The average molecular weight is 885 g/mol. The average Bonchev–Trinajstić information content (AvgIpc) is 1.33. The number of rotatable bonds is 8. The minimum absolute atomic E-state index is 0.553. The van der Waals surface area contributed by atoms with Gasteiger partial charge in [-0.1, -0.05) is 181 Å². The molecule has 0 saturated heterocycles. The second-order valence-corrected chi connectivity index (χ2v) is 16.9. The lowest BCUT2D eigenvalue weighted by atomic mass is 10.1. The molecule has 0 aliphatic carbocycles. The van der Waals surface area contributed by atoms with E-state index in [4.69, 9.17) is 27.4 Å². The van der Waals surface area contributed by atoms with Gasteiger partial charge in [0.15, 0.2) is 19.7 Å². The topological polar surface area (TPSA) is 72.3 Å². The van der Waals surface area contributed by atoms with Crippen LogP contribution in [0.25, 0.3) is 78.0 Å². The first-order valence-electron chi connectivity index (χ1n) is 37.7. The molecule has 0 radical (unpaired) electrons. The van der Waals surface area contributed by atoms with Crippen molar-refractivity contribution in [1.29, 1.82) is 5.26 Å². The van der Waals surface area contributed by atoms with Crippen LogP contribution < -0.4 is 20.7 Å². The van der Waals surface area contributed by atoms with Crippen LogP contribution in [-0.2, 0) is 0 Å². The summed E-state index contributed by atoms with van der Waals surface area (Å²) < 4.78 is 353. The predicted molar refractivity (Wildman–Crippen MR) is 268 cm³/mol. The van der Waals surface area contributed by atoms with Crippen molar-refractivity contribution < 1.29 is 52.1 Å². The van der Waals surface area contributed by atoms with Gasteiger partial charge in [0, 0.05) is 32.7 Å². The minimum Gasteiger partial charge on any atom is -0.309 e. The van der Waals surface area contributed by atoms with E-state index in [2.05, 4.69) is 15.0 Å². The molecule has 0 fully saturated rings. The Labute approximate surface area is 430 Å². The van der Waals surface area contributed by atoms with Gasteiger partial charge in [-0.3, -0.25) is 4.57 Å². The lowest BCUT2D eigenvalue weighted by Gasteiger charge is -2.34. The molecule has 3 heterocycles. The molecule has 0 amide bonds. The maximum atomic E-state index is 11.4. The lowest BCUT2D eigenvalue weighted by molar-refractivity contribution is 0.951. The minimum atomic E-state index is -6.76. The van der Waals surface area contributed by atoms with Crippen molar-refractivity contribution in [3.63, 3.8) is 0 Å². The van der Waals surface area contributed by atoms with Crippen molar-refractivity contribution in [2.75, 3.05) is 0 Å². The van der Waals surface area contributed by atoms with Gasteiger partial charge in [-0.15, -0.1) is 0 Å². The van der Waals surface area contributed by atoms with E-state index in [1.807, 2.05) is 0 Å². The van der Waals surface area contributed by atoms with Crippen molar-refractivity contribution in [2.24, 2.45) is 0 Å². The Hall–Kier alpha value is -8.70. The summed E-state index contributed by atoms with van der Waals surface area (Å²) in [6.45, 7) is 0. The lowest BCUT2D eigenvalue weighted by Crippen LogP contribution is -2.74. The summed E-state index contributed by atoms with van der Waals surface area (Å²) in [5.41, 5.74) is -8.23. The Morgan fingerprint density at radius 2 is 0.815 bits per heavy atom. The Bertz CT molecular complexity index is 5670. The maximum Gasteiger partial charge on any atom is 0.238 e. The number of nitriles is 1. The van der Waals surface area contributed by atoms with Gasteiger partial charge in [0.1, 0.15) is 0 Å². The number of benzene rings is 9. The molecule has 12 rings (SSSR count). The fourth-order valence-electron chi connectivity index (χ4n) is 7.48. The Morgan fingerprint density at radius 1 is 0.400 bits per heavy atom. The quantitative estimate of drug-likeness (QED) is 0.113. The number of hydrogen-bond acceptors (Lipinski definition) is 4. The van der Waals surface area contributed by atoms with E-state index in [0.717, 1.165) is 0 Å². The predicted octanol–water partition coefficient (Wildman–Crippen LogP) is 10.6. The van der Waals surface area contributed by atoms with Crippen LogP contribution in [0.1, 0.15) is 57.7 Å². The van der Waals surface area contributed by atoms with Crippen molar-refractivity contribution in [3.8, 4) is 40.5 Å². The first-order valence-corrected chi connectivity index (χ1v) is 20.7. The standard InChI is InChI=1S/C58H38N6Si/c59-39-40-36-41(38-45(37-40)65(42-20-4-1-5-21-42,43-22-6-2-7-23-43)44-24-8-3-9-25-44)56-60-57(62-58(61-56)64-53-33-17-12-28-48(53)49-29-13-18-34-54(49)64)50-30-14-19-35-55(50)63-51-31-15-10-26-46(51)47-27-11-16-32-52(47)63/h1-38H/i1D,2D,3D,4D,5D,6D,7D,8D,9D,10D,11D,12D,13D,14D,15D,16D,17D,18D,19D,20D,21D,22D,23D,24D,25D,26D,27D,28D,29D,30D,31D,32D,33D,34D,35D,36D,37D,38D. The summed E-state index contributed by atoms with van der Waals surface area (Å²) in [6.07, 6.45) is 0. The number of aromatic nitrogens is 5. The first-order chi connectivity index (χ1) is 48.0. The highest BCUT2D eigenvalue weighted by molar-refractivity contribution is 7.20. The second-order valence-electron chi connectivity index (χ2n) is 13.4.